The molecule has 2 aromatic carbocycles. The maximum Gasteiger partial charge on any atom is 0.339 e. The fraction of sp³-hybridized carbons (Fsp3) is 0.133. The molecule has 0 radical (unpaired) electrons. The van der Waals surface area contributed by atoms with Crippen LogP contribution in [0.4, 0.5) is 4.39 Å². The fourth-order valence-corrected chi connectivity index (χ4v) is 2.93. The van der Waals surface area contributed by atoms with Crippen molar-refractivity contribution in [3.05, 3.63) is 59.4 Å². The first kappa shape index (κ1) is 16.9. The van der Waals surface area contributed by atoms with Gasteiger partial charge in [-0.15, -0.1) is 0 Å². The van der Waals surface area contributed by atoms with E-state index in [1.165, 1.54) is 43.5 Å². The Hall–Kier alpha value is -2.45. The molecule has 0 aromatic heterocycles. The van der Waals surface area contributed by atoms with Crippen LogP contribution in [0.25, 0.3) is 0 Å². The number of nitrogens with one attached hydrogen (secondary N) is 1. The molecule has 122 valence electrons. The minimum Gasteiger partial charge on any atom is -0.496 e. The zero-order chi connectivity index (χ0) is 17.0. The summed E-state index contributed by atoms with van der Waals surface area (Å²) >= 11 is 0. The van der Waals surface area contributed by atoms with Crippen LogP contribution in [0.2, 0.25) is 0 Å². The first-order valence-electron chi connectivity index (χ1n) is 6.49. The molecule has 0 aliphatic carbocycles. The Bertz CT molecular complexity index is 818. The highest BCUT2D eigenvalue weighted by Crippen LogP contribution is 2.22. The van der Waals surface area contributed by atoms with Gasteiger partial charge in [-0.05, 0) is 35.9 Å². The second kappa shape index (κ2) is 6.76. The van der Waals surface area contributed by atoms with E-state index in [1.807, 2.05) is 0 Å². The lowest BCUT2D eigenvalue weighted by atomic mass is 10.2. The number of aromatic carboxylic acids is 1. The van der Waals surface area contributed by atoms with Gasteiger partial charge in [-0.25, -0.2) is 22.3 Å². The van der Waals surface area contributed by atoms with Gasteiger partial charge in [0.15, 0.2) is 0 Å². The van der Waals surface area contributed by atoms with Crippen molar-refractivity contribution in [2.45, 2.75) is 11.4 Å². The number of benzene rings is 2. The van der Waals surface area contributed by atoms with Crippen LogP contribution in [-0.4, -0.2) is 26.6 Å². The number of methoxy groups -OCH3 is 1. The fourth-order valence-electron chi connectivity index (χ4n) is 1.89. The van der Waals surface area contributed by atoms with Crippen LogP contribution in [0.15, 0.2) is 47.4 Å². The molecule has 2 rings (SSSR count). The molecule has 0 unspecified atom stereocenters. The summed E-state index contributed by atoms with van der Waals surface area (Å²) in [6.07, 6.45) is 0. The summed E-state index contributed by atoms with van der Waals surface area (Å²) < 4.78 is 44.5. The van der Waals surface area contributed by atoms with E-state index in [9.17, 15) is 17.6 Å². The number of sulfonamides is 1. The molecule has 0 aliphatic rings. The highest BCUT2D eigenvalue weighted by atomic mass is 32.2. The molecule has 0 saturated carbocycles. The number of carboxylic acid groups (broad SMARTS) is 1. The summed E-state index contributed by atoms with van der Waals surface area (Å²) in [5.41, 5.74) is 0.319. The van der Waals surface area contributed by atoms with Crippen molar-refractivity contribution in [2.75, 3.05) is 7.11 Å². The zero-order valence-electron chi connectivity index (χ0n) is 12.1. The Morgan fingerprint density at radius 1 is 1.22 bits per heavy atom. The molecule has 23 heavy (non-hydrogen) atoms. The van der Waals surface area contributed by atoms with Gasteiger partial charge in [-0.3, -0.25) is 0 Å². The predicted octanol–water partition coefficient (Wildman–Crippen LogP) is 2.01. The van der Waals surface area contributed by atoms with E-state index in [2.05, 4.69) is 4.72 Å². The van der Waals surface area contributed by atoms with E-state index in [0.717, 1.165) is 6.07 Å². The Balaban J connectivity index is 2.23. The molecule has 0 heterocycles. The van der Waals surface area contributed by atoms with Crippen molar-refractivity contribution < 1.29 is 27.4 Å². The first-order chi connectivity index (χ1) is 10.8. The van der Waals surface area contributed by atoms with Crippen LogP contribution >= 0.6 is 0 Å². The van der Waals surface area contributed by atoms with Crippen molar-refractivity contribution in [2.24, 2.45) is 0 Å². The Morgan fingerprint density at radius 3 is 2.43 bits per heavy atom. The van der Waals surface area contributed by atoms with Gasteiger partial charge in [0.25, 0.3) is 0 Å². The summed E-state index contributed by atoms with van der Waals surface area (Å²) in [5.74, 6) is -1.65. The van der Waals surface area contributed by atoms with Crippen molar-refractivity contribution in [3.8, 4) is 5.75 Å². The van der Waals surface area contributed by atoms with Gasteiger partial charge < -0.3 is 9.84 Å². The maximum atomic E-state index is 12.8. The average Bonchev–Trinajstić information content (AvgIpc) is 2.53. The van der Waals surface area contributed by atoms with E-state index >= 15 is 0 Å². The minimum atomic E-state index is -3.91. The summed E-state index contributed by atoms with van der Waals surface area (Å²) in [5, 5.41) is 9.09. The number of ether oxygens (including phenoxy) is 1. The van der Waals surface area contributed by atoms with Crippen molar-refractivity contribution in [1.29, 1.82) is 0 Å². The summed E-state index contributed by atoms with van der Waals surface area (Å²) in [6, 6.07) is 8.89. The van der Waals surface area contributed by atoms with Crippen LogP contribution in [0.3, 0.4) is 0 Å². The third-order valence-electron chi connectivity index (χ3n) is 3.09. The molecule has 0 atom stereocenters. The molecule has 8 heteroatoms. The van der Waals surface area contributed by atoms with Gasteiger partial charge in [0.2, 0.25) is 10.0 Å². The van der Waals surface area contributed by atoms with E-state index in [1.54, 1.807) is 0 Å². The number of hydrogen-bond acceptors (Lipinski definition) is 4. The first-order valence-corrected chi connectivity index (χ1v) is 7.97. The van der Waals surface area contributed by atoms with E-state index in [0.29, 0.717) is 5.56 Å². The van der Waals surface area contributed by atoms with Crippen molar-refractivity contribution in [1.82, 2.24) is 4.72 Å². The normalized spacial score (nSPS) is 11.2. The molecule has 0 fully saturated rings. The SMILES string of the molecule is COc1ccc(S(=O)(=O)NCc2ccc(F)cc2)cc1C(=O)O. The average molecular weight is 339 g/mol. The van der Waals surface area contributed by atoms with Crippen LogP contribution in [0.5, 0.6) is 5.75 Å². The summed E-state index contributed by atoms with van der Waals surface area (Å²) in [7, 11) is -2.62. The molecule has 6 nitrogen and oxygen atoms in total. The monoisotopic (exact) mass is 339 g/mol. The molecule has 0 aliphatic heterocycles. The van der Waals surface area contributed by atoms with E-state index in [-0.39, 0.29) is 22.8 Å². The van der Waals surface area contributed by atoms with Gasteiger partial charge in [-0.2, -0.15) is 0 Å². The number of hydrogen-bond donors (Lipinski definition) is 2. The van der Waals surface area contributed by atoms with Gasteiger partial charge in [-0.1, -0.05) is 12.1 Å². The van der Waals surface area contributed by atoms with Crippen molar-refractivity contribution >= 4 is 16.0 Å². The number of halogens is 1. The van der Waals surface area contributed by atoms with Crippen LogP contribution in [0.1, 0.15) is 15.9 Å². The number of carbonyl (C=O) groups is 1. The lowest BCUT2D eigenvalue weighted by Gasteiger charge is -2.10. The summed E-state index contributed by atoms with van der Waals surface area (Å²) in [4.78, 5) is 10.9. The molecule has 0 spiro atoms. The maximum absolute atomic E-state index is 12.8. The standard InChI is InChI=1S/C15H14FNO5S/c1-22-14-7-6-12(8-13(14)15(18)19)23(20,21)17-9-10-2-4-11(16)5-3-10/h2-8,17H,9H2,1H3,(H,18,19). The van der Waals surface area contributed by atoms with Crippen LogP contribution in [0, 0.1) is 5.82 Å². The molecular formula is C15H14FNO5S. The lowest BCUT2D eigenvalue weighted by molar-refractivity contribution is 0.0693. The van der Waals surface area contributed by atoms with Gasteiger partial charge in [0.05, 0.1) is 12.0 Å². The number of carboxylic acids is 1. The smallest absolute Gasteiger partial charge is 0.339 e. The molecular weight excluding hydrogens is 325 g/mol. The Kier molecular flexibility index (Phi) is 4.97. The van der Waals surface area contributed by atoms with E-state index in [4.69, 9.17) is 9.84 Å². The lowest BCUT2D eigenvalue weighted by Crippen LogP contribution is -2.23. The second-order valence-electron chi connectivity index (χ2n) is 4.62. The Labute approximate surface area is 132 Å². The van der Waals surface area contributed by atoms with Gasteiger partial charge >= 0.3 is 5.97 Å². The highest BCUT2D eigenvalue weighted by Gasteiger charge is 2.19. The quantitative estimate of drug-likeness (QED) is 0.840. The van der Waals surface area contributed by atoms with Crippen molar-refractivity contribution in [3.63, 3.8) is 0 Å². The van der Waals surface area contributed by atoms with Gasteiger partial charge in [0, 0.05) is 6.54 Å². The molecule has 2 N–H and O–H groups in total. The third-order valence-corrected chi connectivity index (χ3v) is 4.49. The third kappa shape index (κ3) is 4.05. The summed E-state index contributed by atoms with van der Waals surface area (Å²) in [6.45, 7) is -0.0446. The molecule has 0 amide bonds. The Morgan fingerprint density at radius 2 is 1.87 bits per heavy atom. The van der Waals surface area contributed by atoms with Gasteiger partial charge in [0.1, 0.15) is 17.1 Å². The van der Waals surface area contributed by atoms with Crippen LogP contribution < -0.4 is 9.46 Å². The predicted molar refractivity (Wildman–Crippen MR) is 80.4 cm³/mol. The topological polar surface area (TPSA) is 92.7 Å². The minimum absolute atomic E-state index is 0.0446. The largest absolute Gasteiger partial charge is 0.496 e. The van der Waals surface area contributed by atoms with Crippen LogP contribution in [-0.2, 0) is 16.6 Å². The molecule has 2 aromatic rings. The highest BCUT2D eigenvalue weighted by molar-refractivity contribution is 7.89. The van der Waals surface area contributed by atoms with E-state index < -0.39 is 21.8 Å². The molecule has 0 saturated heterocycles. The zero-order valence-corrected chi connectivity index (χ0v) is 12.9. The molecule has 0 bridgehead atoms. The number of rotatable bonds is 6. The second-order valence-corrected chi connectivity index (χ2v) is 6.39.